The smallest absolute Gasteiger partial charge is 0.242 e. The van der Waals surface area contributed by atoms with E-state index in [0.29, 0.717) is 5.56 Å². The Labute approximate surface area is 114 Å². The minimum Gasteiger partial charge on any atom is -0.389 e. The number of nitriles is 1. The lowest BCUT2D eigenvalue weighted by atomic mass is 10.1. The van der Waals surface area contributed by atoms with Crippen LogP contribution in [0.25, 0.3) is 0 Å². The first-order valence-corrected chi connectivity index (χ1v) is 7.37. The second-order valence-electron chi connectivity index (χ2n) is 4.56. The summed E-state index contributed by atoms with van der Waals surface area (Å²) in [6.07, 6.45) is -0.631. The first-order valence-electron chi connectivity index (χ1n) is 5.93. The van der Waals surface area contributed by atoms with Crippen molar-refractivity contribution in [2.24, 2.45) is 5.92 Å². The zero-order chi connectivity index (χ0) is 14.6. The Morgan fingerprint density at radius 2 is 1.84 bits per heavy atom. The summed E-state index contributed by atoms with van der Waals surface area (Å²) in [6.45, 7) is 3.43. The summed E-state index contributed by atoms with van der Waals surface area (Å²) in [5.74, 6) is -0.364. The lowest BCUT2D eigenvalue weighted by Gasteiger charge is -2.18. The molecule has 0 amide bonds. The Morgan fingerprint density at radius 3 is 2.26 bits per heavy atom. The van der Waals surface area contributed by atoms with E-state index in [0.717, 1.165) is 4.31 Å². The van der Waals surface area contributed by atoms with Crippen molar-refractivity contribution >= 4 is 10.0 Å². The van der Waals surface area contributed by atoms with Crippen LogP contribution in [0, 0.1) is 17.2 Å². The van der Waals surface area contributed by atoms with E-state index in [1.165, 1.54) is 19.2 Å². The third-order valence-corrected chi connectivity index (χ3v) is 4.66. The molecule has 1 aromatic carbocycles. The predicted octanol–water partition coefficient (Wildman–Crippen LogP) is 1.52. The van der Waals surface area contributed by atoms with Gasteiger partial charge in [0.1, 0.15) is 0 Å². The number of aliphatic hydroxyl groups is 1. The van der Waals surface area contributed by atoms with Crippen LogP contribution in [0.2, 0.25) is 0 Å². The van der Waals surface area contributed by atoms with Gasteiger partial charge in [0.15, 0.2) is 0 Å². The SMILES string of the molecule is CC(C#N)CN(C)S(=O)(=O)c1ccc(C(C)O)cc1. The largest absolute Gasteiger partial charge is 0.389 e. The lowest BCUT2D eigenvalue weighted by Crippen LogP contribution is -2.30. The Hall–Kier alpha value is -1.42. The number of hydrogen-bond donors (Lipinski definition) is 1. The highest BCUT2D eigenvalue weighted by molar-refractivity contribution is 7.89. The molecule has 0 heterocycles. The van der Waals surface area contributed by atoms with Crippen molar-refractivity contribution in [2.75, 3.05) is 13.6 Å². The van der Waals surface area contributed by atoms with Crippen molar-refractivity contribution < 1.29 is 13.5 Å². The summed E-state index contributed by atoms with van der Waals surface area (Å²) in [5.41, 5.74) is 0.659. The van der Waals surface area contributed by atoms with Crippen LogP contribution in [0.3, 0.4) is 0 Å². The van der Waals surface area contributed by atoms with Gasteiger partial charge in [0.2, 0.25) is 10.0 Å². The second-order valence-corrected chi connectivity index (χ2v) is 6.61. The van der Waals surface area contributed by atoms with Gasteiger partial charge < -0.3 is 5.11 Å². The third-order valence-electron chi connectivity index (χ3n) is 2.82. The predicted molar refractivity (Wildman–Crippen MR) is 71.7 cm³/mol. The molecular formula is C13H18N2O3S. The van der Waals surface area contributed by atoms with Crippen molar-refractivity contribution in [2.45, 2.75) is 24.8 Å². The molecule has 1 aromatic rings. The molecule has 0 fully saturated rings. The lowest BCUT2D eigenvalue weighted by molar-refractivity contribution is 0.199. The van der Waals surface area contributed by atoms with Crippen LogP contribution in [0.1, 0.15) is 25.5 Å². The highest BCUT2D eigenvalue weighted by Crippen LogP contribution is 2.19. The molecule has 2 unspecified atom stereocenters. The molecule has 0 aliphatic carbocycles. The molecule has 19 heavy (non-hydrogen) atoms. The van der Waals surface area contributed by atoms with Crippen LogP contribution >= 0.6 is 0 Å². The molecule has 0 radical (unpaired) electrons. The summed E-state index contributed by atoms with van der Waals surface area (Å²) >= 11 is 0. The molecule has 0 saturated carbocycles. The van der Waals surface area contributed by atoms with Crippen molar-refractivity contribution in [3.63, 3.8) is 0 Å². The van der Waals surface area contributed by atoms with Crippen LogP contribution in [0.4, 0.5) is 0 Å². The first kappa shape index (κ1) is 15.6. The highest BCUT2D eigenvalue weighted by Gasteiger charge is 2.22. The Morgan fingerprint density at radius 1 is 1.32 bits per heavy atom. The molecule has 0 spiro atoms. The molecule has 5 nitrogen and oxygen atoms in total. The minimum absolute atomic E-state index is 0.150. The van der Waals surface area contributed by atoms with Gasteiger partial charge in [-0.05, 0) is 31.5 Å². The Bertz CT molecular complexity index is 559. The van der Waals surface area contributed by atoms with E-state index in [-0.39, 0.29) is 17.4 Å². The van der Waals surface area contributed by atoms with Crippen LogP contribution in [0.5, 0.6) is 0 Å². The second kappa shape index (κ2) is 6.15. The van der Waals surface area contributed by atoms with Crippen molar-refractivity contribution in [1.82, 2.24) is 4.31 Å². The molecule has 1 rings (SSSR count). The van der Waals surface area contributed by atoms with E-state index in [9.17, 15) is 13.5 Å². The van der Waals surface area contributed by atoms with E-state index in [1.54, 1.807) is 26.0 Å². The highest BCUT2D eigenvalue weighted by atomic mass is 32.2. The van der Waals surface area contributed by atoms with Crippen LogP contribution in [0.15, 0.2) is 29.2 Å². The molecule has 0 aromatic heterocycles. The molecule has 0 saturated heterocycles. The maximum absolute atomic E-state index is 12.2. The summed E-state index contributed by atoms with van der Waals surface area (Å²) in [4.78, 5) is 0.157. The number of benzene rings is 1. The van der Waals surface area contributed by atoms with Gasteiger partial charge in [-0.3, -0.25) is 0 Å². The van der Waals surface area contributed by atoms with Gasteiger partial charge in [0, 0.05) is 13.6 Å². The van der Waals surface area contributed by atoms with Gasteiger partial charge >= 0.3 is 0 Å². The van der Waals surface area contributed by atoms with E-state index < -0.39 is 16.1 Å². The number of sulfonamides is 1. The summed E-state index contributed by atoms with van der Waals surface area (Å²) in [5, 5.41) is 18.1. The van der Waals surface area contributed by atoms with Gasteiger partial charge in [-0.2, -0.15) is 9.57 Å². The number of rotatable bonds is 5. The quantitative estimate of drug-likeness (QED) is 0.887. The Kier molecular flexibility index (Phi) is 5.06. The molecular weight excluding hydrogens is 264 g/mol. The van der Waals surface area contributed by atoms with Gasteiger partial charge in [-0.1, -0.05) is 12.1 Å². The number of hydrogen-bond acceptors (Lipinski definition) is 4. The van der Waals surface area contributed by atoms with Gasteiger partial charge in [-0.25, -0.2) is 8.42 Å². The summed E-state index contributed by atoms with van der Waals surface area (Å²) < 4.78 is 25.6. The average molecular weight is 282 g/mol. The maximum Gasteiger partial charge on any atom is 0.242 e. The van der Waals surface area contributed by atoms with Crippen molar-refractivity contribution in [3.8, 4) is 6.07 Å². The van der Waals surface area contributed by atoms with Gasteiger partial charge in [0.05, 0.1) is 23.0 Å². The molecule has 0 aliphatic heterocycles. The number of nitrogens with zero attached hydrogens (tertiary/aromatic N) is 2. The zero-order valence-corrected chi connectivity index (χ0v) is 12.1. The topological polar surface area (TPSA) is 81.4 Å². The Balaban J connectivity index is 2.97. The minimum atomic E-state index is -3.59. The summed E-state index contributed by atoms with van der Waals surface area (Å²) in [6, 6.07) is 8.10. The monoisotopic (exact) mass is 282 g/mol. The third kappa shape index (κ3) is 3.77. The van der Waals surface area contributed by atoms with E-state index in [4.69, 9.17) is 5.26 Å². The number of aliphatic hydroxyl groups excluding tert-OH is 1. The normalized spacial score (nSPS) is 14.9. The zero-order valence-electron chi connectivity index (χ0n) is 11.2. The molecule has 0 aliphatic rings. The van der Waals surface area contributed by atoms with Crippen LogP contribution in [-0.4, -0.2) is 31.4 Å². The fraction of sp³-hybridized carbons (Fsp3) is 0.462. The molecule has 6 heteroatoms. The molecule has 0 bridgehead atoms. The first-order chi connectivity index (χ1) is 8.78. The van der Waals surface area contributed by atoms with Gasteiger partial charge in [0.25, 0.3) is 0 Å². The maximum atomic E-state index is 12.2. The molecule has 104 valence electrons. The van der Waals surface area contributed by atoms with Crippen molar-refractivity contribution in [3.05, 3.63) is 29.8 Å². The summed E-state index contributed by atoms with van der Waals surface area (Å²) in [7, 11) is -2.14. The van der Waals surface area contributed by atoms with E-state index >= 15 is 0 Å². The fourth-order valence-corrected chi connectivity index (χ4v) is 2.88. The molecule has 2 atom stereocenters. The van der Waals surface area contributed by atoms with Crippen LogP contribution in [-0.2, 0) is 10.0 Å². The van der Waals surface area contributed by atoms with E-state index in [1.807, 2.05) is 6.07 Å². The van der Waals surface area contributed by atoms with Crippen LogP contribution < -0.4 is 0 Å². The molecule has 1 N–H and O–H groups in total. The standard InChI is InChI=1S/C13H18N2O3S/c1-10(8-14)9-15(3)19(17,18)13-6-4-12(5-7-13)11(2)16/h4-7,10-11,16H,9H2,1-3H3. The van der Waals surface area contributed by atoms with Crippen molar-refractivity contribution in [1.29, 1.82) is 5.26 Å². The average Bonchev–Trinajstić information content (AvgIpc) is 2.38. The van der Waals surface area contributed by atoms with Gasteiger partial charge in [-0.15, -0.1) is 0 Å². The van der Waals surface area contributed by atoms with E-state index in [2.05, 4.69) is 0 Å². The fourth-order valence-electron chi connectivity index (χ4n) is 1.62.